The van der Waals surface area contributed by atoms with E-state index in [2.05, 4.69) is 15.6 Å². The van der Waals surface area contributed by atoms with Crippen molar-refractivity contribution < 1.29 is 14.3 Å². The van der Waals surface area contributed by atoms with Crippen molar-refractivity contribution in [2.75, 3.05) is 11.9 Å². The predicted molar refractivity (Wildman–Crippen MR) is 71.8 cm³/mol. The zero-order chi connectivity index (χ0) is 14.5. The van der Waals surface area contributed by atoms with Crippen molar-refractivity contribution in [2.24, 2.45) is 0 Å². The van der Waals surface area contributed by atoms with Crippen molar-refractivity contribution in [3.05, 3.63) is 24.0 Å². The van der Waals surface area contributed by atoms with Gasteiger partial charge in [-0.2, -0.15) is 0 Å². The molecular weight excluding hydrogens is 246 g/mol. The Bertz CT molecular complexity index is 449. The van der Waals surface area contributed by atoms with Crippen molar-refractivity contribution >= 4 is 17.7 Å². The third-order valence-corrected chi connectivity index (χ3v) is 1.99. The molecule has 104 valence electrons. The van der Waals surface area contributed by atoms with E-state index in [0.29, 0.717) is 5.69 Å². The van der Waals surface area contributed by atoms with E-state index in [0.717, 1.165) is 5.69 Å². The highest BCUT2D eigenvalue weighted by Gasteiger charge is 2.16. The van der Waals surface area contributed by atoms with Crippen LogP contribution < -0.4 is 10.6 Å². The van der Waals surface area contributed by atoms with Crippen molar-refractivity contribution in [1.82, 2.24) is 10.3 Å². The average Bonchev–Trinajstić information content (AvgIpc) is 2.27. The first-order valence-corrected chi connectivity index (χ1v) is 5.95. The van der Waals surface area contributed by atoms with Crippen molar-refractivity contribution in [3.8, 4) is 0 Å². The first kappa shape index (κ1) is 14.9. The minimum atomic E-state index is -0.621. The fourth-order valence-electron chi connectivity index (χ4n) is 1.21. The minimum Gasteiger partial charge on any atom is -0.444 e. The smallest absolute Gasteiger partial charge is 0.408 e. The molecule has 0 saturated heterocycles. The SMILES string of the molecule is Cc1ccc(NC(=O)CNC(=O)OC(C)(C)C)cn1. The molecule has 0 aliphatic rings. The molecule has 0 unspecified atom stereocenters. The number of carbonyl (C=O) groups excluding carboxylic acids is 2. The highest BCUT2D eigenvalue weighted by atomic mass is 16.6. The van der Waals surface area contributed by atoms with Gasteiger partial charge in [-0.3, -0.25) is 9.78 Å². The molecule has 1 aromatic heterocycles. The molecule has 0 spiro atoms. The minimum absolute atomic E-state index is 0.150. The maximum atomic E-state index is 11.6. The maximum Gasteiger partial charge on any atom is 0.408 e. The van der Waals surface area contributed by atoms with Crippen LogP contribution >= 0.6 is 0 Å². The molecule has 0 atom stereocenters. The molecule has 2 N–H and O–H groups in total. The Balaban J connectivity index is 2.36. The monoisotopic (exact) mass is 265 g/mol. The molecule has 0 bridgehead atoms. The molecule has 0 aromatic carbocycles. The number of aryl methyl sites for hydroxylation is 1. The van der Waals surface area contributed by atoms with Gasteiger partial charge in [-0.15, -0.1) is 0 Å². The van der Waals surface area contributed by atoms with Crippen LogP contribution in [0, 0.1) is 6.92 Å². The number of anilines is 1. The lowest BCUT2D eigenvalue weighted by Gasteiger charge is -2.19. The van der Waals surface area contributed by atoms with Gasteiger partial charge >= 0.3 is 6.09 Å². The molecule has 19 heavy (non-hydrogen) atoms. The largest absolute Gasteiger partial charge is 0.444 e. The Kier molecular flexibility index (Phi) is 4.86. The van der Waals surface area contributed by atoms with Gasteiger partial charge < -0.3 is 15.4 Å². The summed E-state index contributed by atoms with van der Waals surface area (Å²) in [7, 11) is 0. The Hall–Kier alpha value is -2.11. The van der Waals surface area contributed by atoms with E-state index in [9.17, 15) is 9.59 Å². The number of ether oxygens (including phenoxy) is 1. The lowest BCUT2D eigenvalue weighted by atomic mass is 10.2. The van der Waals surface area contributed by atoms with Crippen LogP contribution in [0.25, 0.3) is 0 Å². The molecule has 1 rings (SSSR count). The van der Waals surface area contributed by atoms with Gasteiger partial charge in [-0.25, -0.2) is 4.79 Å². The normalized spacial score (nSPS) is 10.7. The van der Waals surface area contributed by atoms with E-state index >= 15 is 0 Å². The maximum absolute atomic E-state index is 11.6. The fourth-order valence-corrected chi connectivity index (χ4v) is 1.21. The molecule has 6 nitrogen and oxygen atoms in total. The van der Waals surface area contributed by atoms with Crippen LogP contribution in [0.2, 0.25) is 0 Å². The molecular formula is C13H19N3O3. The summed E-state index contributed by atoms with van der Waals surface area (Å²) in [5, 5.41) is 4.99. The van der Waals surface area contributed by atoms with E-state index in [-0.39, 0.29) is 12.5 Å². The van der Waals surface area contributed by atoms with Crippen LogP contribution in [-0.4, -0.2) is 29.1 Å². The summed E-state index contributed by atoms with van der Waals surface area (Å²) in [6, 6.07) is 3.53. The Morgan fingerprint density at radius 2 is 2.00 bits per heavy atom. The molecule has 2 amide bonds. The van der Waals surface area contributed by atoms with Crippen molar-refractivity contribution in [1.29, 1.82) is 0 Å². The van der Waals surface area contributed by atoms with Crippen molar-refractivity contribution in [3.63, 3.8) is 0 Å². The first-order valence-electron chi connectivity index (χ1n) is 5.95. The lowest BCUT2D eigenvalue weighted by Crippen LogP contribution is -2.37. The number of hydrogen-bond donors (Lipinski definition) is 2. The van der Waals surface area contributed by atoms with Crippen LogP contribution in [0.3, 0.4) is 0 Å². The first-order chi connectivity index (χ1) is 8.76. The topological polar surface area (TPSA) is 80.3 Å². The number of pyridine rings is 1. The Morgan fingerprint density at radius 3 is 2.53 bits per heavy atom. The molecule has 0 saturated carbocycles. The number of nitrogens with one attached hydrogen (secondary N) is 2. The standard InChI is InChI=1S/C13H19N3O3/c1-9-5-6-10(7-14-9)16-11(17)8-15-12(18)19-13(2,3)4/h5-7H,8H2,1-4H3,(H,15,18)(H,16,17). The van der Waals surface area contributed by atoms with E-state index in [4.69, 9.17) is 4.74 Å². The number of carbonyl (C=O) groups is 2. The van der Waals surface area contributed by atoms with Crippen LogP contribution in [0.5, 0.6) is 0 Å². The second-order valence-corrected chi connectivity index (χ2v) is 5.09. The summed E-state index contributed by atoms with van der Waals surface area (Å²) in [6.07, 6.45) is 0.936. The summed E-state index contributed by atoms with van der Waals surface area (Å²) < 4.78 is 5.01. The zero-order valence-electron chi connectivity index (χ0n) is 11.6. The predicted octanol–water partition coefficient (Wildman–Crippen LogP) is 1.85. The molecule has 0 radical (unpaired) electrons. The molecule has 6 heteroatoms. The van der Waals surface area contributed by atoms with Crippen molar-refractivity contribution in [2.45, 2.75) is 33.3 Å². The summed E-state index contributed by atoms with van der Waals surface area (Å²) in [4.78, 5) is 26.9. The Morgan fingerprint density at radius 1 is 1.32 bits per heavy atom. The number of amides is 2. The average molecular weight is 265 g/mol. The molecule has 1 aromatic rings. The summed E-state index contributed by atoms with van der Waals surface area (Å²) in [6.45, 7) is 6.97. The van der Waals surface area contributed by atoms with Crippen LogP contribution in [0.1, 0.15) is 26.5 Å². The van der Waals surface area contributed by atoms with Gasteiger partial charge in [0.15, 0.2) is 0 Å². The highest BCUT2D eigenvalue weighted by Crippen LogP contribution is 2.07. The lowest BCUT2D eigenvalue weighted by molar-refractivity contribution is -0.115. The van der Waals surface area contributed by atoms with Crippen LogP contribution in [-0.2, 0) is 9.53 Å². The van der Waals surface area contributed by atoms with Crippen LogP contribution in [0.4, 0.5) is 10.5 Å². The summed E-state index contributed by atoms with van der Waals surface area (Å²) in [5.74, 6) is -0.337. The van der Waals surface area contributed by atoms with E-state index in [1.54, 1.807) is 39.1 Å². The molecule has 0 aliphatic carbocycles. The van der Waals surface area contributed by atoms with E-state index in [1.807, 2.05) is 6.92 Å². The molecule has 0 aliphatic heterocycles. The van der Waals surface area contributed by atoms with Gasteiger partial charge in [0.05, 0.1) is 11.9 Å². The number of aromatic nitrogens is 1. The zero-order valence-corrected chi connectivity index (χ0v) is 11.6. The summed E-state index contributed by atoms with van der Waals surface area (Å²) >= 11 is 0. The van der Waals surface area contributed by atoms with Gasteiger partial charge in [0, 0.05) is 5.69 Å². The van der Waals surface area contributed by atoms with Gasteiger partial charge in [0.25, 0.3) is 0 Å². The van der Waals surface area contributed by atoms with Gasteiger partial charge in [-0.05, 0) is 39.8 Å². The van der Waals surface area contributed by atoms with Crippen LogP contribution in [0.15, 0.2) is 18.3 Å². The highest BCUT2D eigenvalue weighted by molar-refractivity contribution is 5.93. The number of hydrogen-bond acceptors (Lipinski definition) is 4. The van der Waals surface area contributed by atoms with E-state index in [1.165, 1.54) is 0 Å². The third-order valence-electron chi connectivity index (χ3n) is 1.99. The van der Waals surface area contributed by atoms with Gasteiger partial charge in [-0.1, -0.05) is 0 Å². The van der Waals surface area contributed by atoms with Gasteiger partial charge in [0.1, 0.15) is 12.1 Å². The van der Waals surface area contributed by atoms with Gasteiger partial charge in [0.2, 0.25) is 5.91 Å². The second-order valence-electron chi connectivity index (χ2n) is 5.09. The third kappa shape index (κ3) is 6.40. The van der Waals surface area contributed by atoms with E-state index < -0.39 is 11.7 Å². The second kappa shape index (κ2) is 6.17. The molecule has 0 fully saturated rings. The number of rotatable bonds is 3. The quantitative estimate of drug-likeness (QED) is 0.874. The fraction of sp³-hybridized carbons (Fsp3) is 0.462. The molecule has 1 heterocycles. The number of nitrogens with zero attached hydrogens (tertiary/aromatic N) is 1. The Labute approximate surface area is 112 Å². The number of alkyl carbamates (subject to hydrolysis) is 1. The summed E-state index contributed by atoms with van der Waals surface area (Å²) in [5.41, 5.74) is 0.869.